The molecule has 21 heavy (non-hydrogen) atoms. The van der Waals surface area contributed by atoms with Gasteiger partial charge < -0.3 is 0 Å². The van der Waals surface area contributed by atoms with Crippen LogP contribution in [0, 0.1) is 5.41 Å². The van der Waals surface area contributed by atoms with Crippen LogP contribution in [-0.4, -0.2) is 34.7 Å². The van der Waals surface area contributed by atoms with Gasteiger partial charge in [0, 0.05) is 29.7 Å². The molecule has 118 valence electrons. The topological polar surface area (TPSA) is 78.5 Å². The first-order chi connectivity index (χ1) is 9.62. The fourth-order valence-electron chi connectivity index (χ4n) is 2.67. The molecule has 2 N–H and O–H groups in total. The summed E-state index contributed by atoms with van der Waals surface area (Å²) < 4.78 is 0. The van der Waals surface area contributed by atoms with Gasteiger partial charge in [0.2, 0.25) is 5.91 Å². The van der Waals surface area contributed by atoms with Crippen molar-refractivity contribution in [2.45, 2.75) is 53.0 Å². The lowest BCUT2D eigenvalue weighted by Crippen LogP contribution is -2.53. The number of rotatable bonds is 7. The third kappa shape index (κ3) is 4.14. The predicted octanol–water partition coefficient (Wildman–Crippen LogP) is 1.14. The average molecular weight is 295 g/mol. The summed E-state index contributed by atoms with van der Waals surface area (Å²) in [6.07, 6.45) is 3.81. The average Bonchev–Trinajstić information content (AvgIpc) is 2.68. The molecule has 0 aliphatic carbocycles. The van der Waals surface area contributed by atoms with Gasteiger partial charge in [-0.25, -0.2) is 5.43 Å². The van der Waals surface area contributed by atoms with Crippen molar-refractivity contribution < 1.29 is 14.4 Å². The Balaban J connectivity index is 2.74. The molecule has 0 bridgehead atoms. The molecular weight excluding hydrogens is 270 g/mol. The van der Waals surface area contributed by atoms with Crippen molar-refractivity contribution in [1.29, 1.82) is 0 Å². The molecule has 0 aromatic carbocycles. The van der Waals surface area contributed by atoms with Gasteiger partial charge >= 0.3 is 0 Å². The number of hydrazine groups is 1. The van der Waals surface area contributed by atoms with E-state index in [9.17, 15) is 14.4 Å². The maximum absolute atomic E-state index is 12.2. The van der Waals surface area contributed by atoms with E-state index in [0.29, 0.717) is 13.0 Å². The lowest BCUT2D eigenvalue weighted by Gasteiger charge is -2.39. The lowest BCUT2D eigenvalue weighted by atomic mass is 9.78. The van der Waals surface area contributed by atoms with Crippen LogP contribution < -0.4 is 10.9 Å². The maximum Gasteiger partial charge on any atom is 0.254 e. The van der Waals surface area contributed by atoms with Crippen molar-refractivity contribution in [3.63, 3.8) is 0 Å². The van der Waals surface area contributed by atoms with Crippen LogP contribution in [0.4, 0.5) is 0 Å². The van der Waals surface area contributed by atoms with Crippen LogP contribution in [-0.2, 0) is 14.4 Å². The van der Waals surface area contributed by atoms with Gasteiger partial charge in [-0.15, -0.1) is 0 Å². The first-order valence-corrected chi connectivity index (χ1v) is 7.21. The molecule has 1 aliphatic heterocycles. The highest BCUT2D eigenvalue weighted by atomic mass is 16.2. The Morgan fingerprint density at radius 3 is 2.14 bits per heavy atom. The Bertz CT molecular complexity index is 449. The van der Waals surface area contributed by atoms with Gasteiger partial charge in [0.25, 0.3) is 11.8 Å². The number of carbonyl (C=O) groups is 3. The van der Waals surface area contributed by atoms with Gasteiger partial charge in [-0.2, -0.15) is 0 Å². The number of hydrogen-bond donors (Lipinski definition) is 2. The summed E-state index contributed by atoms with van der Waals surface area (Å²) in [6, 6.07) is 0. The molecule has 0 aromatic rings. The fraction of sp³-hybridized carbons (Fsp3) is 0.667. The van der Waals surface area contributed by atoms with Gasteiger partial charge in [-0.3, -0.25) is 24.7 Å². The standard InChI is InChI=1S/C15H25N3O3/c1-6-9-16-17-13(21)14(2,3)10-15(4,5)18-11(19)7-8-12(18)20/h7-8,16H,6,9-10H2,1-5H3,(H,17,21). The predicted molar refractivity (Wildman–Crippen MR) is 79.9 cm³/mol. The third-order valence-electron chi connectivity index (χ3n) is 3.48. The number of imide groups is 1. The number of amides is 3. The third-order valence-corrected chi connectivity index (χ3v) is 3.48. The van der Waals surface area contributed by atoms with E-state index in [4.69, 9.17) is 0 Å². The second-order valence-electron chi connectivity index (χ2n) is 6.60. The molecule has 0 spiro atoms. The Morgan fingerprint density at radius 1 is 1.14 bits per heavy atom. The largest absolute Gasteiger partial charge is 0.291 e. The maximum atomic E-state index is 12.2. The summed E-state index contributed by atoms with van der Waals surface area (Å²) in [7, 11) is 0. The molecule has 6 heteroatoms. The normalized spacial score (nSPS) is 15.8. The van der Waals surface area contributed by atoms with E-state index in [2.05, 4.69) is 10.9 Å². The lowest BCUT2D eigenvalue weighted by molar-refractivity contribution is -0.146. The first kappa shape index (κ1) is 17.4. The summed E-state index contributed by atoms with van der Waals surface area (Å²) in [5.41, 5.74) is 4.07. The number of carbonyl (C=O) groups excluding carboxylic acids is 3. The van der Waals surface area contributed by atoms with Crippen LogP contribution in [0.15, 0.2) is 12.2 Å². The monoisotopic (exact) mass is 295 g/mol. The van der Waals surface area contributed by atoms with Crippen molar-refractivity contribution in [2.75, 3.05) is 6.54 Å². The van der Waals surface area contributed by atoms with Gasteiger partial charge in [0.1, 0.15) is 0 Å². The minimum atomic E-state index is -0.733. The molecule has 0 saturated carbocycles. The summed E-state index contributed by atoms with van der Waals surface area (Å²) in [4.78, 5) is 37.0. The molecule has 0 aromatic heterocycles. The summed E-state index contributed by atoms with van der Waals surface area (Å²) in [6.45, 7) is 9.89. The molecule has 1 aliphatic rings. The van der Waals surface area contributed by atoms with E-state index in [-0.39, 0.29) is 17.7 Å². The van der Waals surface area contributed by atoms with Crippen molar-refractivity contribution in [3.05, 3.63) is 12.2 Å². The Morgan fingerprint density at radius 2 is 1.67 bits per heavy atom. The number of hydrogen-bond acceptors (Lipinski definition) is 4. The number of nitrogens with one attached hydrogen (secondary N) is 2. The highest BCUT2D eigenvalue weighted by Gasteiger charge is 2.43. The SMILES string of the molecule is CCCNNC(=O)C(C)(C)CC(C)(C)N1C(=O)C=CC1=O. The second-order valence-corrected chi connectivity index (χ2v) is 6.60. The zero-order valence-corrected chi connectivity index (χ0v) is 13.4. The van der Waals surface area contributed by atoms with Crippen molar-refractivity contribution in [1.82, 2.24) is 15.8 Å². The Labute approximate surface area is 125 Å². The van der Waals surface area contributed by atoms with Crippen LogP contribution >= 0.6 is 0 Å². The molecule has 0 atom stereocenters. The van der Waals surface area contributed by atoms with Crippen LogP contribution in [0.1, 0.15) is 47.5 Å². The molecule has 1 rings (SSSR count). The van der Waals surface area contributed by atoms with Gasteiger partial charge in [-0.05, 0) is 26.7 Å². The molecule has 0 radical (unpaired) electrons. The Kier molecular flexibility index (Phi) is 5.28. The molecule has 3 amide bonds. The van der Waals surface area contributed by atoms with Crippen molar-refractivity contribution in [3.8, 4) is 0 Å². The first-order valence-electron chi connectivity index (χ1n) is 7.21. The highest BCUT2D eigenvalue weighted by molar-refractivity contribution is 6.13. The minimum Gasteiger partial charge on any atom is -0.291 e. The van der Waals surface area contributed by atoms with E-state index < -0.39 is 11.0 Å². The molecule has 1 heterocycles. The summed E-state index contributed by atoms with van der Waals surface area (Å²) in [5, 5.41) is 0. The number of nitrogens with zero attached hydrogens (tertiary/aromatic N) is 1. The van der Waals surface area contributed by atoms with Gasteiger partial charge in [0.05, 0.1) is 0 Å². The molecular formula is C15H25N3O3. The fourth-order valence-corrected chi connectivity index (χ4v) is 2.67. The van der Waals surface area contributed by atoms with Crippen LogP contribution in [0.5, 0.6) is 0 Å². The zero-order chi connectivity index (χ0) is 16.3. The van der Waals surface area contributed by atoms with E-state index in [1.165, 1.54) is 17.1 Å². The minimum absolute atomic E-state index is 0.156. The summed E-state index contributed by atoms with van der Waals surface area (Å²) >= 11 is 0. The smallest absolute Gasteiger partial charge is 0.254 e. The molecule has 0 saturated heterocycles. The van der Waals surface area contributed by atoms with E-state index >= 15 is 0 Å². The molecule has 6 nitrogen and oxygen atoms in total. The Hall–Kier alpha value is -1.69. The second kappa shape index (κ2) is 6.39. The molecule has 0 fully saturated rings. The van der Waals surface area contributed by atoms with Gasteiger partial charge in [-0.1, -0.05) is 20.8 Å². The van der Waals surface area contributed by atoms with E-state index in [0.717, 1.165) is 6.42 Å². The highest BCUT2D eigenvalue weighted by Crippen LogP contribution is 2.33. The zero-order valence-electron chi connectivity index (χ0n) is 13.4. The summed E-state index contributed by atoms with van der Waals surface area (Å²) in [5.74, 6) is -0.813. The van der Waals surface area contributed by atoms with Crippen LogP contribution in [0.25, 0.3) is 0 Å². The van der Waals surface area contributed by atoms with Crippen LogP contribution in [0.2, 0.25) is 0 Å². The van der Waals surface area contributed by atoms with Gasteiger partial charge in [0.15, 0.2) is 0 Å². The van der Waals surface area contributed by atoms with Crippen molar-refractivity contribution in [2.24, 2.45) is 5.41 Å². The van der Waals surface area contributed by atoms with E-state index in [1.807, 2.05) is 6.92 Å². The van der Waals surface area contributed by atoms with E-state index in [1.54, 1.807) is 27.7 Å². The molecule has 0 unspecified atom stereocenters. The van der Waals surface area contributed by atoms with Crippen molar-refractivity contribution >= 4 is 17.7 Å². The quantitative estimate of drug-likeness (QED) is 0.419. The van der Waals surface area contributed by atoms with Crippen LogP contribution in [0.3, 0.4) is 0 Å².